The smallest absolute Gasteiger partial charge is 0.237 e. The van der Waals surface area contributed by atoms with Crippen molar-refractivity contribution < 1.29 is 9.21 Å². The van der Waals surface area contributed by atoms with Crippen LogP contribution >= 0.6 is 0 Å². The highest BCUT2D eigenvalue weighted by molar-refractivity contribution is 5.82. The molecular weight excluding hydrogens is 264 g/mol. The number of rotatable bonds is 4. The Morgan fingerprint density at radius 3 is 2.90 bits per heavy atom. The first kappa shape index (κ1) is 13.9. The van der Waals surface area contributed by atoms with E-state index in [0.29, 0.717) is 6.42 Å². The summed E-state index contributed by atoms with van der Waals surface area (Å²) < 4.78 is 5.31. The number of furan rings is 1. The van der Waals surface area contributed by atoms with Crippen molar-refractivity contribution in [2.75, 3.05) is 0 Å². The van der Waals surface area contributed by atoms with Crippen LogP contribution in [-0.2, 0) is 24.2 Å². The van der Waals surface area contributed by atoms with Crippen LogP contribution in [0.5, 0.6) is 0 Å². The zero-order chi connectivity index (χ0) is 14.7. The van der Waals surface area contributed by atoms with Gasteiger partial charge in [-0.05, 0) is 36.6 Å². The van der Waals surface area contributed by atoms with E-state index in [9.17, 15) is 4.79 Å². The van der Waals surface area contributed by atoms with Crippen molar-refractivity contribution in [3.8, 4) is 0 Å². The monoisotopic (exact) mass is 284 g/mol. The minimum Gasteiger partial charge on any atom is -0.469 e. The number of benzene rings is 1. The number of amides is 1. The van der Waals surface area contributed by atoms with E-state index in [0.717, 1.165) is 18.7 Å². The number of carbonyl (C=O) groups excluding carboxylic acids is 1. The Morgan fingerprint density at radius 1 is 1.33 bits per heavy atom. The predicted molar refractivity (Wildman–Crippen MR) is 80.8 cm³/mol. The van der Waals surface area contributed by atoms with Gasteiger partial charge in [0.05, 0.1) is 12.3 Å². The first-order valence-corrected chi connectivity index (χ1v) is 7.35. The molecule has 1 unspecified atom stereocenters. The molecule has 0 saturated carbocycles. The molecule has 0 aliphatic carbocycles. The molecule has 0 spiro atoms. The zero-order valence-electron chi connectivity index (χ0n) is 12.1. The van der Waals surface area contributed by atoms with Gasteiger partial charge in [0.15, 0.2) is 0 Å². The number of hydrogen-bond donors (Lipinski definition) is 2. The first-order valence-electron chi connectivity index (χ1n) is 7.35. The van der Waals surface area contributed by atoms with E-state index in [2.05, 4.69) is 22.8 Å². The maximum atomic E-state index is 12.3. The molecule has 110 valence electrons. The quantitative estimate of drug-likeness (QED) is 0.903. The van der Waals surface area contributed by atoms with Crippen LogP contribution in [0.15, 0.2) is 47.1 Å². The highest BCUT2D eigenvalue weighted by Crippen LogP contribution is 2.16. The van der Waals surface area contributed by atoms with E-state index >= 15 is 0 Å². The van der Waals surface area contributed by atoms with Crippen molar-refractivity contribution in [3.63, 3.8) is 0 Å². The second kappa shape index (κ2) is 6.14. The van der Waals surface area contributed by atoms with E-state index < -0.39 is 0 Å². The second-order valence-electron chi connectivity index (χ2n) is 5.60. The van der Waals surface area contributed by atoms with Gasteiger partial charge in [0, 0.05) is 19.0 Å². The van der Waals surface area contributed by atoms with Gasteiger partial charge >= 0.3 is 0 Å². The Balaban J connectivity index is 1.56. The maximum absolute atomic E-state index is 12.3. The lowest BCUT2D eigenvalue weighted by Gasteiger charge is -2.26. The number of carbonyl (C=O) groups is 1. The van der Waals surface area contributed by atoms with Gasteiger partial charge in [0.1, 0.15) is 5.76 Å². The van der Waals surface area contributed by atoms with Crippen molar-refractivity contribution in [2.24, 2.45) is 0 Å². The van der Waals surface area contributed by atoms with Crippen LogP contribution in [0.2, 0.25) is 0 Å². The van der Waals surface area contributed by atoms with Gasteiger partial charge in [-0.3, -0.25) is 4.79 Å². The molecule has 0 saturated heterocycles. The molecule has 2 atom stereocenters. The van der Waals surface area contributed by atoms with Gasteiger partial charge in [-0.1, -0.05) is 24.3 Å². The van der Waals surface area contributed by atoms with E-state index in [1.807, 2.05) is 31.2 Å². The lowest BCUT2D eigenvalue weighted by molar-refractivity contribution is -0.123. The van der Waals surface area contributed by atoms with E-state index in [1.54, 1.807) is 6.26 Å². The normalized spacial score (nSPS) is 18.8. The number of nitrogens with one attached hydrogen (secondary N) is 2. The lowest BCUT2D eigenvalue weighted by atomic mass is 9.95. The molecule has 2 aromatic rings. The summed E-state index contributed by atoms with van der Waals surface area (Å²) in [6.45, 7) is 2.75. The third kappa shape index (κ3) is 3.34. The van der Waals surface area contributed by atoms with Crippen LogP contribution in [0.1, 0.15) is 23.8 Å². The zero-order valence-corrected chi connectivity index (χ0v) is 12.1. The summed E-state index contributed by atoms with van der Waals surface area (Å²) in [7, 11) is 0. The van der Waals surface area contributed by atoms with E-state index in [1.165, 1.54) is 11.1 Å². The van der Waals surface area contributed by atoms with E-state index in [-0.39, 0.29) is 18.0 Å². The lowest BCUT2D eigenvalue weighted by Crippen LogP contribution is -2.50. The molecule has 0 fully saturated rings. The third-order valence-corrected chi connectivity index (χ3v) is 3.87. The van der Waals surface area contributed by atoms with Crippen LogP contribution < -0.4 is 10.6 Å². The summed E-state index contributed by atoms with van der Waals surface area (Å²) in [5, 5.41) is 6.36. The van der Waals surface area contributed by atoms with E-state index in [4.69, 9.17) is 4.42 Å². The molecule has 1 amide bonds. The average Bonchev–Trinajstić information content (AvgIpc) is 2.99. The van der Waals surface area contributed by atoms with Crippen molar-refractivity contribution in [3.05, 3.63) is 59.5 Å². The molecule has 2 N–H and O–H groups in total. The molecule has 21 heavy (non-hydrogen) atoms. The Bertz CT molecular complexity index is 607. The van der Waals surface area contributed by atoms with Crippen LogP contribution in [0.3, 0.4) is 0 Å². The predicted octanol–water partition coefficient (Wildman–Crippen LogP) is 2.04. The highest BCUT2D eigenvalue weighted by Gasteiger charge is 2.24. The van der Waals surface area contributed by atoms with Crippen LogP contribution in [-0.4, -0.2) is 18.0 Å². The van der Waals surface area contributed by atoms with Gasteiger partial charge < -0.3 is 15.1 Å². The molecule has 1 aliphatic heterocycles. The largest absolute Gasteiger partial charge is 0.469 e. The van der Waals surface area contributed by atoms with Crippen molar-refractivity contribution >= 4 is 5.91 Å². The topological polar surface area (TPSA) is 54.3 Å². The Labute approximate surface area is 124 Å². The Kier molecular flexibility index (Phi) is 4.06. The Hall–Kier alpha value is -2.07. The maximum Gasteiger partial charge on any atom is 0.237 e. The fraction of sp³-hybridized carbons (Fsp3) is 0.353. The van der Waals surface area contributed by atoms with Gasteiger partial charge in [-0.25, -0.2) is 0 Å². The SMILES string of the molecule is CC(Cc1ccco1)NC(=O)[C@H]1Cc2ccccc2CN1. The van der Waals surface area contributed by atoms with Crippen molar-refractivity contribution in [1.82, 2.24) is 10.6 Å². The summed E-state index contributed by atoms with van der Waals surface area (Å²) in [5.74, 6) is 0.952. The van der Waals surface area contributed by atoms with Crippen LogP contribution in [0.25, 0.3) is 0 Å². The molecule has 0 bridgehead atoms. The Morgan fingerprint density at radius 2 is 2.14 bits per heavy atom. The summed E-state index contributed by atoms with van der Waals surface area (Å²) in [6, 6.07) is 12.0. The fourth-order valence-corrected chi connectivity index (χ4v) is 2.76. The molecule has 2 heterocycles. The highest BCUT2D eigenvalue weighted by atomic mass is 16.3. The van der Waals surface area contributed by atoms with Gasteiger partial charge in [0.2, 0.25) is 5.91 Å². The summed E-state index contributed by atoms with van der Waals surface area (Å²) in [4.78, 5) is 12.3. The first-order chi connectivity index (χ1) is 10.2. The molecule has 1 aromatic carbocycles. The molecule has 1 aromatic heterocycles. The fourth-order valence-electron chi connectivity index (χ4n) is 2.76. The summed E-state index contributed by atoms with van der Waals surface area (Å²) >= 11 is 0. The minimum absolute atomic E-state index is 0.0580. The summed E-state index contributed by atoms with van der Waals surface area (Å²) in [5.41, 5.74) is 2.54. The molecule has 3 rings (SSSR count). The molecule has 0 radical (unpaired) electrons. The standard InChI is InChI=1S/C17H20N2O2/c1-12(9-15-7-4-8-21-15)19-17(20)16-10-13-5-2-3-6-14(13)11-18-16/h2-8,12,16,18H,9-11H2,1H3,(H,19,20)/t12?,16-/m1/s1. The average molecular weight is 284 g/mol. The molecule has 1 aliphatic rings. The van der Waals surface area contributed by atoms with Crippen LogP contribution in [0, 0.1) is 0 Å². The summed E-state index contributed by atoms with van der Waals surface area (Å²) in [6.07, 6.45) is 3.11. The molecule has 4 nitrogen and oxygen atoms in total. The van der Waals surface area contributed by atoms with Gasteiger partial charge in [-0.15, -0.1) is 0 Å². The number of fused-ring (bicyclic) bond motifs is 1. The number of hydrogen-bond acceptors (Lipinski definition) is 3. The second-order valence-corrected chi connectivity index (χ2v) is 5.60. The molecular formula is C17H20N2O2. The van der Waals surface area contributed by atoms with Crippen molar-refractivity contribution in [1.29, 1.82) is 0 Å². The van der Waals surface area contributed by atoms with Gasteiger partial charge in [0.25, 0.3) is 0 Å². The third-order valence-electron chi connectivity index (χ3n) is 3.87. The van der Waals surface area contributed by atoms with Crippen LogP contribution in [0.4, 0.5) is 0 Å². The molecule has 4 heteroatoms. The minimum atomic E-state index is -0.154. The van der Waals surface area contributed by atoms with Gasteiger partial charge in [-0.2, -0.15) is 0 Å². The van der Waals surface area contributed by atoms with Crippen molar-refractivity contribution in [2.45, 2.75) is 38.4 Å².